The maximum Gasteiger partial charge on any atom is 0.407 e. The molecule has 29 heavy (non-hydrogen) atoms. The van der Waals surface area contributed by atoms with Crippen LogP contribution in [0.3, 0.4) is 0 Å². The van der Waals surface area contributed by atoms with Crippen molar-refractivity contribution < 1.29 is 19.0 Å². The van der Waals surface area contributed by atoms with E-state index in [0.717, 1.165) is 18.9 Å². The molecule has 1 aromatic carbocycles. The number of carbonyl (C=O) groups is 1. The number of guanidine groups is 1. The molecule has 1 aliphatic rings. The zero-order chi connectivity index (χ0) is 21.4. The van der Waals surface area contributed by atoms with Crippen LogP contribution in [0, 0.1) is 0 Å². The summed E-state index contributed by atoms with van der Waals surface area (Å²) in [6, 6.07) is 7.61. The number of hydrogen-bond donors (Lipinski definition) is 2. The molecule has 1 amide bonds. The summed E-state index contributed by atoms with van der Waals surface area (Å²) in [4.78, 5) is 18.5. The van der Waals surface area contributed by atoms with Crippen LogP contribution in [0.4, 0.5) is 4.79 Å². The van der Waals surface area contributed by atoms with E-state index in [0.29, 0.717) is 24.6 Å². The van der Waals surface area contributed by atoms with Gasteiger partial charge in [-0.25, -0.2) is 4.79 Å². The SMILES string of the molecule is CN=C(NCC(C)Oc1ccccc1OC)N1CCC(NC(=O)OC(C)(C)C)C1. The molecule has 0 aliphatic carbocycles. The predicted molar refractivity (Wildman–Crippen MR) is 114 cm³/mol. The van der Waals surface area contributed by atoms with Crippen molar-refractivity contribution in [2.24, 2.45) is 4.99 Å². The molecule has 8 nitrogen and oxygen atoms in total. The van der Waals surface area contributed by atoms with Crippen LogP contribution >= 0.6 is 0 Å². The van der Waals surface area contributed by atoms with Crippen LogP contribution in [0.25, 0.3) is 0 Å². The van der Waals surface area contributed by atoms with E-state index in [2.05, 4.69) is 20.5 Å². The lowest BCUT2D eigenvalue weighted by Crippen LogP contribution is -2.46. The van der Waals surface area contributed by atoms with Gasteiger partial charge in [-0.1, -0.05) is 12.1 Å². The van der Waals surface area contributed by atoms with Crippen molar-refractivity contribution in [3.05, 3.63) is 24.3 Å². The third-order valence-electron chi connectivity index (χ3n) is 4.37. The van der Waals surface area contributed by atoms with Crippen molar-refractivity contribution in [1.29, 1.82) is 0 Å². The highest BCUT2D eigenvalue weighted by Crippen LogP contribution is 2.26. The number of carbonyl (C=O) groups excluding carboxylic acids is 1. The van der Waals surface area contributed by atoms with E-state index < -0.39 is 5.60 Å². The van der Waals surface area contributed by atoms with Crippen molar-refractivity contribution in [1.82, 2.24) is 15.5 Å². The fourth-order valence-corrected chi connectivity index (χ4v) is 3.09. The van der Waals surface area contributed by atoms with Crippen molar-refractivity contribution in [3.8, 4) is 11.5 Å². The first-order chi connectivity index (χ1) is 13.7. The van der Waals surface area contributed by atoms with Gasteiger partial charge in [0.15, 0.2) is 17.5 Å². The number of amides is 1. The molecule has 0 saturated carbocycles. The summed E-state index contributed by atoms with van der Waals surface area (Å²) < 4.78 is 16.6. The fourth-order valence-electron chi connectivity index (χ4n) is 3.09. The Bertz CT molecular complexity index is 702. The number of aliphatic imine (C=N–C) groups is 1. The Morgan fingerprint density at radius 3 is 2.62 bits per heavy atom. The van der Waals surface area contributed by atoms with Crippen molar-refractivity contribution in [2.75, 3.05) is 33.8 Å². The van der Waals surface area contributed by atoms with Gasteiger partial charge in [-0.3, -0.25) is 4.99 Å². The first kappa shape index (κ1) is 22.6. The lowest BCUT2D eigenvalue weighted by molar-refractivity contribution is 0.0507. The highest BCUT2D eigenvalue weighted by Gasteiger charge is 2.28. The minimum Gasteiger partial charge on any atom is -0.493 e. The van der Waals surface area contributed by atoms with Crippen LogP contribution in [0.5, 0.6) is 11.5 Å². The summed E-state index contributed by atoms with van der Waals surface area (Å²) in [6.45, 7) is 9.63. The van der Waals surface area contributed by atoms with E-state index in [-0.39, 0.29) is 18.2 Å². The lowest BCUT2D eigenvalue weighted by Gasteiger charge is -2.24. The number of nitrogens with one attached hydrogen (secondary N) is 2. The quantitative estimate of drug-likeness (QED) is 0.558. The number of para-hydroxylation sites is 2. The number of hydrogen-bond acceptors (Lipinski definition) is 5. The van der Waals surface area contributed by atoms with Crippen LogP contribution in [0.1, 0.15) is 34.1 Å². The Kier molecular flexibility index (Phi) is 7.99. The largest absolute Gasteiger partial charge is 0.493 e. The normalized spacial score (nSPS) is 18.2. The summed E-state index contributed by atoms with van der Waals surface area (Å²) in [6.07, 6.45) is 0.375. The van der Waals surface area contributed by atoms with Gasteiger partial charge in [0, 0.05) is 20.1 Å². The van der Waals surface area contributed by atoms with Gasteiger partial charge in [0.25, 0.3) is 0 Å². The van der Waals surface area contributed by atoms with E-state index in [1.54, 1.807) is 14.2 Å². The van der Waals surface area contributed by atoms with Gasteiger partial charge in [-0.2, -0.15) is 0 Å². The van der Waals surface area contributed by atoms with Gasteiger partial charge in [0.2, 0.25) is 0 Å². The van der Waals surface area contributed by atoms with E-state index >= 15 is 0 Å². The van der Waals surface area contributed by atoms with Crippen molar-refractivity contribution >= 4 is 12.1 Å². The number of rotatable bonds is 6. The zero-order valence-corrected chi connectivity index (χ0v) is 18.3. The Balaban J connectivity index is 1.81. The van der Waals surface area contributed by atoms with Gasteiger partial charge in [0.1, 0.15) is 11.7 Å². The second-order valence-corrected chi connectivity index (χ2v) is 8.09. The number of likely N-dealkylation sites (tertiary alicyclic amines) is 1. The zero-order valence-electron chi connectivity index (χ0n) is 18.3. The van der Waals surface area contributed by atoms with Crippen molar-refractivity contribution in [3.63, 3.8) is 0 Å². The third-order valence-corrected chi connectivity index (χ3v) is 4.37. The molecule has 0 aromatic heterocycles. The predicted octanol–water partition coefficient (Wildman–Crippen LogP) is 2.64. The summed E-state index contributed by atoms with van der Waals surface area (Å²) in [5.41, 5.74) is -0.502. The standard InChI is InChI=1S/C21H34N4O4/c1-15(28-18-10-8-7-9-17(18)27-6)13-23-19(22-5)25-12-11-16(14-25)24-20(26)29-21(2,3)4/h7-10,15-16H,11-14H2,1-6H3,(H,22,23)(H,24,26). The number of benzene rings is 1. The van der Waals surface area contributed by atoms with Gasteiger partial charge < -0.3 is 29.7 Å². The average molecular weight is 407 g/mol. The molecule has 8 heteroatoms. The van der Waals surface area contributed by atoms with E-state index in [4.69, 9.17) is 14.2 Å². The van der Waals surface area contributed by atoms with Crippen molar-refractivity contribution in [2.45, 2.75) is 51.9 Å². The molecule has 0 spiro atoms. The summed E-state index contributed by atoms with van der Waals surface area (Å²) in [5, 5.41) is 6.28. The highest BCUT2D eigenvalue weighted by molar-refractivity contribution is 5.80. The first-order valence-corrected chi connectivity index (χ1v) is 9.96. The molecule has 1 fully saturated rings. The molecule has 1 heterocycles. The molecule has 0 radical (unpaired) electrons. The Morgan fingerprint density at radius 1 is 1.31 bits per heavy atom. The molecular formula is C21H34N4O4. The van der Waals surface area contributed by atoms with Gasteiger partial charge >= 0.3 is 6.09 Å². The number of ether oxygens (including phenoxy) is 3. The molecule has 162 valence electrons. The Morgan fingerprint density at radius 2 is 2.00 bits per heavy atom. The van der Waals surface area contributed by atoms with E-state index in [1.807, 2.05) is 52.0 Å². The molecule has 1 aliphatic heterocycles. The third kappa shape index (κ3) is 7.36. The lowest BCUT2D eigenvalue weighted by atomic mass is 10.2. The summed E-state index contributed by atoms with van der Waals surface area (Å²) >= 11 is 0. The maximum atomic E-state index is 12.0. The second-order valence-electron chi connectivity index (χ2n) is 8.09. The molecule has 2 atom stereocenters. The molecule has 2 rings (SSSR count). The summed E-state index contributed by atoms with van der Waals surface area (Å²) in [5.74, 6) is 2.20. The molecule has 2 N–H and O–H groups in total. The summed E-state index contributed by atoms with van der Waals surface area (Å²) in [7, 11) is 3.38. The molecule has 0 bridgehead atoms. The van der Waals surface area contributed by atoms with Gasteiger partial charge in [-0.15, -0.1) is 0 Å². The Hall–Kier alpha value is -2.64. The number of methoxy groups -OCH3 is 1. The number of alkyl carbamates (subject to hydrolysis) is 1. The molecule has 1 saturated heterocycles. The molecular weight excluding hydrogens is 372 g/mol. The fraction of sp³-hybridized carbons (Fsp3) is 0.619. The smallest absolute Gasteiger partial charge is 0.407 e. The van der Waals surface area contributed by atoms with E-state index in [1.165, 1.54) is 0 Å². The first-order valence-electron chi connectivity index (χ1n) is 9.96. The van der Waals surface area contributed by atoms with Crippen LogP contribution in [-0.4, -0.2) is 68.5 Å². The van der Waals surface area contributed by atoms with Gasteiger partial charge in [-0.05, 0) is 46.2 Å². The Labute approximate surface area is 173 Å². The second kappa shape index (κ2) is 10.2. The number of nitrogens with zero attached hydrogens (tertiary/aromatic N) is 2. The maximum absolute atomic E-state index is 12.0. The topological polar surface area (TPSA) is 84.4 Å². The molecule has 2 unspecified atom stereocenters. The minimum absolute atomic E-state index is 0.0330. The monoisotopic (exact) mass is 406 g/mol. The highest BCUT2D eigenvalue weighted by atomic mass is 16.6. The minimum atomic E-state index is -0.502. The average Bonchev–Trinajstić information content (AvgIpc) is 3.09. The van der Waals surface area contributed by atoms with E-state index in [9.17, 15) is 4.79 Å². The van der Waals surface area contributed by atoms with Crippen LogP contribution in [0.2, 0.25) is 0 Å². The van der Waals surface area contributed by atoms with Crippen LogP contribution < -0.4 is 20.1 Å². The van der Waals surface area contributed by atoms with Crippen LogP contribution in [-0.2, 0) is 4.74 Å². The van der Waals surface area contributed by atoms with Crippen LogP contribution in [0.15, 0.2) is 29.3 Å². The molecule has 1 aromatic rings. The van der Waals surface area contributed by atoms with Gasteiger partial charge in [0.05, 0.1) is 19.7 Å².